The average molecular weight is 250 g/mol. The van der Waals surface area contributed by atoms with E-state index < -0.39 is 11.6 Å². The van der Waals surface area contributed by atoms with E-state index in [-0.39, 0.29) is 6.17 Å². The molecule has 0 amide bonds. The topological polar surface area (TPSA) is 30.9 Å². The lowest BCUT2D eigenvalue weighted by Crippen LogP contribution is -2.19. The third-order valence-electron chi connectivity index (χ3n) is 3.86. The van der Waals surface area contributed by atoms with Gasteiger partial charge in [0.15, 0.2) is 11.6 Å². The Morgan fingerprint density at radius 3 is 2.83 bits per heavy atom. The lowest BCUT2D eigenvalue weighted by molar-refractivity contribution is 0.502. The van der Waals surface area contributed by atoms with Crippen molar-refractivity contribution in [3.8, 4) is 0 Å². The van der Waals surface area contributed by atoms with Gasteiger partial charge in [-0.25, -0.2) is 8.78 Å². The molecule has 18 heavy (non-hydrogen) atoms. The van der Waals surface area contributed by atoms with Crippen molar-refractivity contribution in [2.45, 2.75) is 38.8 Å². The van der Waals surface area contributed by atoms with Crippen LogP contribution in [-0.2, 0) is 12.8 Å². The molecule has 96 valence electrons. The van der Waals surface area contributed by atoms with Crippen molar-refractivity contribution in [1.29, 1.82) is 0 Å². The van der Waals surface area contributed by atoms with E-state index in [0.717, 1.165) is 42.5 Å². The highest BCUT2D eigenvalue weighted by Crippen LogP contribution is 2.37. The normalized spacial score (nSPS) is 16.2. The second-order valence-corrected chi connectivity index (χ2v) is 4.88. The Bertz CT molecular complexity index is 616. The smallest absolute Gasteiger partial charge is 0.168 e. The first-order valence-electron chi connectivity index (χ1n) is 6.40. The number of nitrogens with two attached hydrogens (primary N) is 1. The Morgan fingerprint density at radius 2 is 2.11 bits per heavy atom. The van der Waals surface area contributed by atoms with E-state index in [1.165, 1.54) is 6.07 Å². The summed E-state index contributed by atoms with van der Waals surface area (Å²) in [5.41, 5.74) is 8.88. The number of fused-ring (bicyclic) bond motifs is 3. The van der Waals surface area contributed by atoms with Crippen LogP contribution in [0.4, 0.5) is 8.78 Å². The molecule has 1 aliphatic rings. The molecule has 0 radical (unpaired) electrons. The standard InChI is InChI=1S/C14H16F2N2/c1-2-12(17)18-10-5-3-4-8(10)13-11(18)7-6-9(15)14(13)16/h6-7,12H,2-5,17H2,1H3. The fourth-order valence-electron chi connectivity index (χ4n) is 3.00. The Morgan fingerprint density at radius 1 is 1.33 bits per heavy atom. The Balaban J connectivity index is 2.40. The maximum atomic E-state index is 14.0. The van der Waals surface area contributed by atoms with Gasteiger partial charge in [-0.1, -0.05) is 6.92 Å². The molecule has 4 heteroatoms. The van der Waals surface area contributed by atoms with Gasteiger partial charge in [-0.15, -0.1) is 0 Å². The van der Waals surface area contributed by atoms with Crippen LogP contribution in [0.1, 0.15) is 37.2 Å². The monoisotopic (exact) mass is 250 g/mol. The van der Waals surface area contributed by atoms with E-state index >= 15 is 0 Å². The van der Waals surface area contributed by atoms with Crippen molar-refractivity contribution in [1.82, 2.24) is 4.57 Å². The second-order valence-electron chi connectivity index (χ2n) is 4.88. The van der Waals surface area contributed by atoms with Gasteiger partial charge >= 0.3 is 0 Å². The van der Waals surface area contributed by atoms with Crippen molar-refractivity contribution < 1.29 is 8.78 Å². The molecule has 0 aliphatic heterocycles. The van der Waals surface area contributed by atoms with Crippen LogP contribution in [0, 0.1) is 11.6 Å². The minimum atomic E-state index is -0.778. The molecule has 1 heterocycles. The fraction of sp³-hybridized carbons (Fsp3) is 0.429. The van der Waals surface area contributed by atoms with E-state index in [9.17, 15) is 8.78 Å². The number of rotatable bonds is 2. The van der Waals surface area contributed by atoms with E-state index in [4.69, 9.17) is 5.73 Å². The zero-order valence-electron chi connectivity index (χ0n) is 10.3. The molecule has 0 saturated carbocycles. The van der Waals surface area contributed by atoms with Crippen molar-refractivity contribution in [3.05, 3.63) is 35.0 Å². The maximum absolute atomic E-state index is 14.0. The van der Waals surface area contributed by atoms with Crippen LogP contribution in [0.2, 0.25) is 0 Å². The molecule has 0 spiro atoms. The predicted octanol–water partition coefficient (Wildman–Crippen LogP) is 3.28. The molecule has 1 aromatic carbocycles. The van der Waals surface area contributed by atoms with Gasteiger partial charge in [0, 0.05) is 11.1 Å². The molecule has 0 bridgehead atoms. The largest absolute Gasteiger partial charge is 0.328 e. The Kier molecular flexibility index (Phi) is 2.63. The molecule has 0 fully saturated rings. The van der Waals surface area contributed by atoms with Gasteiger partial charge in [-0.3, -0.25) is 0 Å². The number of hydrogen-bond acceptors (Lipinski definition) is 1. The van der Waals surface area contributed by atoms with Gasteiger partial charge in [0.1, 0.15) is 0 Å². The minimum absolute atomic E-state index is 0.167. The summed E-state index contributed by atoms with van der Waals surface area (Å²) in [4.78, 5) is 0. The van der Waals surface area contributed by atoms with Crippen LogP contribution >= 0.6 is 0 Å². The molecule has 0 saturated heterocycles. The van der Waals surface area contributed by atoms with Gasteiger partial charge in [0.25, 0.3) is 0 Å². The summed E-state index contributed by atoms with van der Waals surface area (Å²) >= 11 is 0. The zero-order chi connectivity index (χ0) is 12.9. The number of aryl methyl sites for hydroxylation is 1. The van der Waals surface area contributed by atoms with Crippen LogP contribution < -0.4 is 5.73 Å². The van der Waals surface area contributed by atoms with Crippen molar-refractivity contribution >= 4 is 10.9 Å². The first-order valence-corrected chi connectivity index (χ1v) is 6.40. The Hall–Kier alpha value is -1.42. The van der Waals surface area contributed by atoms with Crippen molar-refractivity contribution in [2.75, 3.05) is 0 Å². The van der Waals surface area contributed by atoms with Gasteiger partial charge in [0.05, 0.1) is 11.7 Å². The van der Waals surface area contributed by atoms with Crippen LogP contribution in [-0.4, -0.2) is 4.57 Å². The summed E-state index contributed by atoms with van der Waals surface area (Å²) in [5.74, 6) is -1.51. The first-order chi connectivity index (χ1) is 8.65. The molecule has 2 aromatic rings. The molecule has 2 N–H and O–H groups in total. The molecular weight excluding hydrogens is 234 g/mol. The predicted molar refractivity (Wildman–Crippen MR) is 67.4 cm³/mol. The SMILES string of the molecule is CCC(N)n1c2c(c3c(F)c(F)ccc31)CCC2. The molecule has 1 atom stereocenters. The third kappa shape index (κ3) is 1.42. The van der Waals surface area contributed by atoms with E-state index in [0.29, 0.717) is 5.39 Å². The van der Waals surface area contributed by atoms with Gasteiger partial charge in [-0.2, -0.15) is 0 Å². The van der Waals surface area contributed by atoms with Gasteiger partial charge in [0.2, 0.25) is 0 Å². The fourth-order valence-corrected chi connectivity index (χ4v) is 3.00. The van der Waals surface area contributed by atoms with E-state index in [1.54, 1.807) is 6.07 Å². The summed E-state index contributed by atoms with van der Waals surface area (Å²) in [6.45, 7) is 2.00. The quantitative estimate of drug-likeness (QED) is 0.871. The highest BCUT2D eigenvalue weighted by atomic mass is 19.2. The van der Waals surface area contributed by atoms with Crippen molar-refractivity contribution in [3.63, 3.8) is 0 Å². The van der Waals surface area contributed by atoms with Crippen LogP contribution in [0.3, 0.4) is 0 Å². The summed E-state index contributed by atoms with van der Waals surface area (Å²) in [6.07, 6.45) is 3.32. The van der Waals surface area contributed by atoms with E-state index in [1.807, 2.05) is 11.5 Å². The van der Waals surface area contributed by atoms with Gasteiger partial charge in [-0.05, 0) is 43.4 Å². The summed E-state index contributed by atoms with van der Waals surface area (Å²) in [6, 6.07) is 2.83. The van der Waals surface area contributed by atoms with Crippen LogP contribution in [0.15, 0.2) is 12.1 Å². The number of halogens is 2. The summed E-state index contributed by atoms with van der Waals surface area (Å²) in [7, 11) is 0. The summed E-state index contributed by atoms with van der Waals surface area (Å²) in [5, 5.41) is 0.436. The number of aromatic nitrogens is 1. The average Bonchev–Trinajstić information content (AvgIpc) is 2.92. The number of nitrogens with zero attached hydrogens (tertiary/aromatic N) is 1. The minimum Gasteiger partial charge on any atom is -0.328 e. The molecule has 1 aromatic heterocycles. The second kappa shape index (κ2) is 4.05. The highest BCUT2D eigenvalue weighted by molar-refractivity contribution is 5.87. The molecule has 1 aliphatic carbocycles. The number of hydrogen-bond donors (Lipinski definition) is 1. The first kappa shape index (κ1) is 11.7. The molecule has 1 unspecified atom stereocenters. The highest BCUT2D eigenvalue weighted by Gasteiger charge is 2.26. The summed E-state index contributed by atoms with van der Waals surface area (Å²) < 4.78 is 29.4. The van der Waals surface area contributed by atoms with Crippen LogP contribution in [0.25, 0.3) is 10.9 Å². The van der Waals surface area contributed by atoms with E-state index in [2.05, 4.69) is 0 Å². The van der Waals surface area contributed by atoms with Crippen molar-refractivity contribution in [2.24, 2.45) is 5.73 Å². The zero-order valence-corrected chi connectivity index (χ0v) is 10.3. The third-order valence-corrected chi connectivity index (χ3v) is 3.86. The lowest BCUT2D eigenvalue weighted by atomic mass is 10.1. The number of benzene rings is 1. The molecule has 3 rings (SSSR count). The molecule has 2 nitrogen and oxygen atoms in total. The molecular formula is C14H16F2N2. The van der Waals surface area contributed by atoms with Crippen LogP contribution in [0.5, 0.6) is 0 Å². The Labute approximate surface area is 104 Å². The lowest BCUT2D eigenvalue weighted by Gasteiger charge is -2.16. The maximum Gasteiger partial charge on any atom is 0.168 e. The van der Waals surface area contributed by atoms with Gasteiger partial charge < -0.3 is 10.3 Å².